The Bertz CT molecular complexity index is 1320. The van der Waals surface area contributed by atoms with E-state index in [1.54, 1.807) is 48.5 Å². The molecule has 0 fully saturated rings. The maximum atomic E-state index is 13.0. The number of aromatic nitrogens is 2. The van der Waals surface area contributed by atoms with Crippen molar-refractivity contribution in [3.63, 3.8) is 0 Å². The third-order valence-corrected chi connectivity index (χ3v) is 5.54. The molecule has 3 heterocycles. The van der Waals surface area contributed by atoms with Crippen molar-refractivity contribution in [3.05, 3.63) is 69.5 Å². The lowest BCUT2D eigenvalue weighted by Crippen LogP contribution is -2.31. The van der Waals surface area contributed by atoms with E-state index in [9.17, 15) is 14.4 Å². The van der Waals surface area contributed by atoms with Gasteiger partial charge >= 0.3 is 0 Å². The molecular formula is C19H11N3O4S. The van der Waals surface area contributed by atoms with Gasteiger partial charge in [-0.05, 0) is 36.4 Å². The monoisotopic (exact) mass is 377 g/mol. The summed E-state index contributed by atoms with van der Waals surface area (Å²) in [5, 5.41) is 0.402. The van der Waals surface area contributed by atoms with Gasteiger partial charge in [-0.2, -0.15) is 0 Å². The van der Waals surface area contributed by atoms with Gasteiger partial charge < -0.3 is 4.74 Å². The Kier molecular flexibility index (Phi) is 3.19. The molecule has 27 heavy (non-hydrogen) atoms. The second-order valence-electron chi connectivity index (χ2n) is 5.98. The second kappa shape index (κ2) is 5.49. The molecule has 0 radical (unpaired) electrons. The number of para-hydroxylation sites is 1. The molecule has 0 N–H and O–H groups in total. The zero-order chi connectivity index (χ0) is 18.7. The topological polar surface area (TPSA) is 81.0 Å². The zero-order valence-corrected chi connectivity index (χ0v) is 14.8. The highest BCUT2D eigenvalue weighted by Gasteiger charge is 2.41. The fourth-order valence-electron chi connectivity index (χ4n) is 3.22. The first kappa shape index (κ1) is 15.7. The van der Waals surface area contributed by atoms with E-state index in [2.05, 4.69) is 4.98 Å². The molecule has 0 aliphatic carbocycles. The van der Waals surface area contributed by atoms with E-state index >= 15 is 0 Å². The first-order valence-electron chi connectivity index (χ1n) is 8.07. The molecule has 1 aliphatic rings. The number of hydrogen-bond acceptors (Lipinski definition) is 6. The summed E-state index contributed by atoms with van der Waals surface area (Å²) in [6.45, 7) is 0. The van der Waals surface area contributed by atoms with Gasteiger partial charge in [0.2, 0.25) is 0 Å². The molecular weight excluding hydrogens is 366 g/mol. The Morgan fingerprint density at radius 3 is 2.44 bits per heavy atom. The molecule has 0 atom stereocenters. The van der Waals surface area contributed by atoms with Crippen molar-refractivity contribution in [2.24, 2.45) is 0 Å². The van der Waals surface area contributed by atoms with Crippen molar-refractivity contribution in [2.45, 2.75) is 0 Å². The Morgan fingerprint density at radius 2 is 1.70 bits per heavy atom. The SMILES string of the molecule is COc1ccc(N2C(=O)c3sc4nc5ccccc5c(=O)n4c3C2=O)cc1. The van der Waals surface area contributed by atoms with Crippen LogP contribution in [0.5, 0.6) is 5.75 Å². The van der Waals surface area contributed by atoms with E-state index in [1.807, 2.05) is 0 Å². The lowest BCUT2D eigenvalue weighted by molar-refractivity contribution is 0.0925. The van der Waals surface area contributed by atoms with Gasteiger partial charge in [-0.1, -0.05) is 23.5 Å². The van der Waals surface area contributed by atoms with Gasteiger partial charge in [-0.3, -0.25) is 14.4 Å². The van der Waals surface area contributed by atoms with Crippen LogP contribution >= 0.6 is 11.3 Å². The number of methoxy groups -OCH3 is 1. The summed E-state index contributed by atoms with van der Waals surface area (Å²) in [6.07, 6.45) is 0. The maximum absolute atomic E-state index is 13.0. The summed E-state index contributed by atoms with van der Waals surface area (Å²) < 4.78 is 6.35. The van der Waals surface area contributed by atoms with Crippen molar-refractivity contribution in [3.8, 4) is 5.75 Å². The van der Waals surface area contributed by atoms with Gasteiger partial charge in [-0.15, -0.1) is 0 Å². The van der Waals surface area contributed by atoms with Crippen molar-refractivity contribution in [1.82, 2.24) is 9.38 Å². The van der Waals surface area contributed by atoms with Gasteiger partial charge in [0.1, 0.15) is 16.3 Å². The van der Waals surface area contributed by atoms with Crippen LogP contribution in [0.25, 0.3) is 15.9 Å². The van der Waals surface area contributed by atoms with Crippen LogP contribution in [0.1, 0.15) is 20.2 Å². The van der Waals surface area contributed by atoms with Gasteiger partial charge in [-0.25, -0.2) is 14.3 Å². The van der Waals surface area contributed by atoms with Crippen molar-refractivity contribution in [2.75, 3.05) is 12.0 Å². The Balaban J connectivity index is 1.73. The summed E-state index contributed by atoms with van der Waals surface area (Å²) in [7, 11) is 1.54. The predicted octanol–water partition coefficient (Wildman–Crippen LogP) is 2.72. The average molecular weight is 377 g/mol. The first-order valence-corrected chi connectivity index (χ1v) is 8.89. The fourth-order valence-corrected chi connectivity index (χ4v) is 4.27. The molecule has 0 spiro atoms. The second-order valence-corrected chi connectivity index (χ2v) is 6.95. The molecule has 2 aromatic carbocycles. The van der Waals surface area contributed by atoms with E-state index in [1.165, 1.54) is 11.5 Å². The predicted molar refractivity (Wildman–Crippen MR) is 101 cm³/mol. The number of amides is 2. The largest absolute Gasteiger partial charge is 0.497 e. The number of imide groups is 1. The molecule has 132 valence electrons. The standard InChI is InChI=1S/C19H11N3O4S/c1-26-11-8-6-10(7-9-11)21-17(24)14-15(18(21)25)27-19-20-13-5-3-2-4-12(13)16(23)22(14)19/h2-9H,1H3. The van der Waals surface area contributed by atoms with E-state index in [-0.39, 0.29) is 16.1 Å². The Hall–Kier alpha value is -3.52. The molecule has 4 aromatic rings. The molecule has 2 amide bonds. The van der Waals surface area contributed by atoms with Crippen LogP contribution in [0, 0.1) is 0 Å². The minimum absolute atomic E-state index is 0.0686. The quantitative estimate of drug-likeness (QED) is 0.502. The van der Waals surface area contributed by atoms with Crippen molar-refractivity contribution < 1.29 is 14.3 Å². The third-order valence-electron chi connectivity index (χ3n) is 4.51. The highest BCUT2D eigenvalue weighted by molar-refractivity contribution is 7.19. The number of carbonyl (C=O) groups is 2. The molecule has 0 bridgehead atoms. The minimum Gasteiger partial charge on any atom is -0.497 e. The van der Waals surface area contributed by atoms with Crippen LogP contribution in [0.2, 0.25) is 0 Å². The lowest BCUT2D eigenvalue weighted by Gasteiger charge is -2.14. The lowest BCUT2D eigenvalue weighted by atomic mass is 10.2. The number of anilines is 1. The molecule has 7 nitrogen and oxygen atoms in total. The number of fused-ring (bicyclic) bond motifs is 4. The number of ether oxygens (including phenoxy) is 1. The average Bonchev–Trinajstić information content (AvgIpc) is 3.18. The van der Waals surface area contributed by atoms with E-state index < -0.39 is 11.8 Å². The smallest absolute Gasteiger partial charge is 0.284 e. The van der Waals surface area contributed by atoms with Crippen LogP contribution in [0.15, 0.2) is 53.3 Å². The van der Waals surface area contributed by atoms with Crippen molar-refractivity contribution in [1.29, 1.82) is 0 Å². The van der Waals surface area contributed by atoms with E-state index in [4.69, 9.17) is 4.74 Å². The molecule has 2 aromatic heterocycles. The van der Waals surface area contributed by atoms with E-state index in [0.717, 1.165) is 16.2 Å². The Morgan fingerprint density at radius 1 is 0.963 bits per heavy atom. The van der Waals surface area contributed by atoms with Crippen LogP contribution in [-0.4, -0.2) is 28.3 Å². The van der Waals surface area contributed by atoms with Gasteiger partial charge in [0.05, 0.1) is 23.7 Å². The van der Waals surface area contributed by atoms with Crippen LogP contribution in [0.4, 0.5) is 5.69 Å². The van der Waals surface area contributed by atoms with E-state index in [0.29, 0.717) is 27.3 Å². The normalized spacial score (nSPS) is 13.6. The highest BCUT2D eigenvalue weighted by Crippen LogP contribution is 2.34. The third kappa shape index (κ3) is 2.07. The molecule has 0 saturated heterocycles. The summed E-state index contributed by atoms with van der Waals surface area (Å²) in [4.78, 5) is 44.9. The number of thiazole rings is 1. The highest BCUT2D eigenvalue weighted by atomic mass is 32.1. The van der Waals surface area contributed by atoms with Gasteiger partial charge in [0, 0.05) is 0 Å². The number of rotatable bonds is 2. The first-order chi connectivity index (χ1) is 13.1. The number of hydrogen-bond donors (Lipinski definition) is 0. The summed E-state index contributed by atoms with van der Waals surface area (Å²) in [6, 6.07) is 13.5. The molecule has 0 saturated carbocycles. The summed E-state index contributed by atoms with van der Waals surface area (Å²) in [5.74, 6) is -0.380. The summed E-state index contributed by atoms with van der Waals surface area (Å²) in [5.41, 5.74) is 0.670. The molecule has 1 aliphatic heterocycles. The van der Waals surface area contributed by atoms with Crippen LogP contribution < -0.4 is 15.2 Å². The molecule has 5 rings (SSSR count). The number of nitrogens with zero attached hydrogens (tertiary/aromatic N) is 3. The van der Waals surface area contributed by atoms with Gasteiger partial charge in [0.25, 0.3) is 17.4 Å². The molecule has 8 heteroatoms. The number of benzene rings is 2. The summed E-state index contributed by atoms with van der Waals surface area (Å²) >= 11 is 1.05. The fraction of sp³-hybridized carbons (Fsp3) is 0.0526. The van der Waals surface area contributed by atoms with Crippen LogP contribution in [-0.2, 0) is 0 Å². The van der Waals surface area contributed by atoms with Crippen molar-refractivity contribution >= 4 is 44.7 Å². The maximum Gasteiger partial charge on any atom is 0.284 e. The molecule has 0 unspecified atom stereocenters. The zero-order valence-electron chi connectivity index (χ0n) is 14.0. The van der Waals surface area contributed by atoms with Gasteiger partial charge in [0.15, 0.2) is 4.96 Å². The Labute approximate surface area is 156 Å². The van der Waals surface area contributed by atoms with Crippen LogP contribution in [0.3, 0.4) is 0 Å². The minimum atomic E-state index is -0.536. The number of carbonyl (C=O) groups excluding carboxylic acids is 2.